The van der Waals surface area contributed by atoms with E-state index in [9.17, 15) is 141 Å². The molecular formula is C64H107N5O45. The van der Waals surface area contributed by atoms with Crippen molar-refractivity contribution in [3.05, 3.63) is 0 Å². The molecule has 50 heteroatoms. The van der Waals surface area contributed by atoms with Crippen LogP contribution >= 0.6 is 0 Å². The molecule has 28 N–H and O–H groups in total. The van der Waals surface area contributed by atoms with Gasteiger partial charge in [-0.3, -0.25) is 24.0 Å². The minimum atomic E-state index is -2.60. The Morgan fingerprint density at radius 1 is 0.246 bits per heavy atom. The number of nitrogens with one attached hydrogen (secondary N) is 5. The first kappa shape index (κ1) is 93.6. The minimum Gasteiger partial charge on any atom is -0.394 e. The summed E-state index contributed by atoms with van der Waals surface area (Å²) in [5.74, 6) is -4.35. The molecule has 114 heavy (non-hydrogen) atoms. The van der Waals surface area contributed by atoms with Gasteiger partial charge in [-0.2, -0.15) is 0 Å². The monoisotopic (exact) mass is 1670 g/mol. The Bertz CT molecular complexity index is 3080. The number of carbonyl (C=O) groups excluding carboxylic acids is 5. The molecule has 45 atom stereocenters. The summed E-state index contributed by atoms with van der Waals surface area (Å²) in [6.07, 6.45) is -81.3. The molecule has 9 heterocycles. The zero-order valence-corrected chi connectivity index (χ0v) is 61.9. The molecule has 9 aliphatic heterocycles. The molecule has 9 saturated heterocycles. The van der Waals surface area contributed by atoms with Crippen LogP contribution in [-0.2, 0) is 104 Å². The summed E-state index contributed by atoms with van der Waals surface area (Å²) in [4.78, 5) is 63.2. The van der Waals surface area contributed by atoms with Gasteiger partial charge in [-0.1, -0.05) is 0 Å². The lowest BCUT2D eigenvalue weighted by Crippen LogP contribution is -2.71. The third-order valence-corrected chi connectivity index (χ3v) is 20.7. The van der Waals surface area contributed by atoms with Crippen molar-refractivity contribution in [3.63, 3.8) is 0 Å². The molecule has 9 fully saturated rings. The zero-order valence-electron chi connectivity index (χ0n) is 61.9. The predicted molar refractivity (Wildman–Crippen MR) is 354 cm³/mol. The van der Waals surface area contributed by atoms with Crippen LogP contribution in [-0.4, -0.2) is 476 Å². The standard InChI is InChI=1S/C64H107N5O45/c1-15-34(80)45(91)47(93)61(101-15)100-14-28-53(43(89)29(56(97)102-28)65-16(2)75)111-60-33(69-20(6)79)44(90)51(24(10-73)106-60)112-63-50(96)54(39(85)27(109-63)13-99-62-48(94)46(92)38(84)26(108-62)12-98-57-30(66-17(3)76)40(86)35(81)21(7-70)103-57)113-64-55(114-59-32(68-19(5)78)42(88)37(83)23(9-72)105-59)49(95)52(25(11-74)107-64)110-58-31(67-18(4)77)41(87)36(82)22(8-71)104-58/h15,21-64,70-74,80-97H,7-14H2,1-6H3,(H,65,75)(H,66,76)(H,67,77)(H,68,78)(H,69,79)/t15-,21+,22+,23+,24+,25+,26+,27+,28+,29+,30+,31+,32+,33+,34+,35+,36+,37+,38+,39+,40+,41+,42+,43+,44+,45+,46-,47-,48-,49-,50-,51+,52+,53+,54-,55-,56+,57+,58-,59-,60-,61+,62-,63-,64+/m0/s1. The van der Waals surface area contributed by atoms with Crippen LogP contribution in [0, 0.1) is 0 Å². The molecule has 0 bridgehead atoms. The maximum absolute atomic E-state index is 13.2. The fourth-order valence-electron chi connectivity index (χ4n) is 14.6. The average molecular weight is 1670 g/mol. The predicted octanol–water partition coefficient (Wildman–Crippen LogP) is -18.9. The third kappa shape index (κ3) is 21.2. The highest BCUT2D eigenvalue weighted by molar-refractivity contribution is 5.75. The molecule has 0 spiro atoms. The van der Waals surface area contributed by atoms with Crippen LogP contribution in [0.3, 0.4) is 0 Å². The molecule has 9 aliphatic rings. The van der Waals surface area contributed by atoms with Gasteiger partial charge in [0.05, 0.1) is 59.0 Å². The fraction of sp³-hybridized carbons (Fsp3) is 0.922. The molecule has 9 rings (SSSR count). The van der Waals surface area contributed by atoms with E-state index >= 15 is 0 Å². The van der Waals surface area contributed by atoms with E-state index in [1.165, 1.54) is 6.92 Å². The van der Waals surface area contributed by atoms with E-state index in [1.807, 2.05) is 0 Å². The zero-order chi connectivity index (χ0) is 84.1. The van der Waals surface area contributed by atoms with Crippen LogP contribution in [0.2, 0.25) is 0 Å². The van der Waals surface area contributed by atoms with Gasteiger partial charge in [-0.05, 0) is 6.92 Å². The quantitative estimate of drug-likeness (QED) is 0.0331. The van der Waals surface area contributed by atoms with E-state index in [1.54, 1.807) is 0 Å². The summed E-state index contributed by atoms with van der Waals surface area (Å²) in [5, 5.41) is 269. The molecule has 0 aromatic carbocycles. The average Bonchev–Trinajstić information content (AvgIpc) is 0.766. The Balaban J connectivity index is 1.07. The molecule has 0 saturated carbocycles. The Hall–Kier alpha value is -4.25. The van der Waals surface area contributed by atoms with E-state index in [0.29, 0.717) is 0 Å². The maximum Gasteiger partial charge on any atom is 0.217 e. The number of ether oxygens (including phenoxy) is 17. The Labute approximate surface area is 646 Å². The Morgan fingerprint density at radius 2 is 0.544 bits per heavy atom. The van der Waals surface area contributed by atoms with Crippen molar-refractivity contribution in [2.24, 2.45) is 0 Å². The van der Waals surface area contributed by atoms with Crippen molar-refractivity contribution >= 4 is 29.5 Å². The van der Waals surface area contributed by atoms with Crippen molar-refractivity contribution in [2.45, 2.75) is 318 Å². The van der Waals surface area contributed by atoms with Gasteiger partial charge in [0, 0.05) is 34.6 Å². The summed E-state index contributed by atoms with van der Waals surface area (Å²) in [6.45, 7) is -2.12. The SMILES string of the molecule is CC(=O)N[C@@H]1[C@@H](O)[C@H](O[C@@H]2O[C@H](CO)[C@@H](O[C@@H]3O[C@H](CO[C@H]4O[C@H](CO[C@@H]5O[C@H](CO)[C@@H](O)[C@H](O)[C@H]5NC(C)=O)[C@@H](O)[C@H](O)[C@@H]4O)[C@@H](O)[C@H](O[C@H]4O[C@H](CO)[C@@H](O[C@@H]5O[C@H](CO)[C@@H](O)[C@H](O)[C@H]5NC(C)=O)[C@H](O)[C@@H]4O[C@@H]4O[C@H](CO)[C@@H](O)[C@H](O)[C@H]4NC(C)=O)[C@@H]3O)[C@H](O)[C@H]2NC(C)=O)[C@@H](CO[C@@H]2O[C@@H](C)[C@@H](O)[C@@H](O)[C@@H]2O)O[C@H]1O. The second-order valence-electron chi connectivity index (χ2n) is 29.0. The number of aliphatic hydroxyl groups excluding tert-OH is 23. The topological polar surface area (TPSA) is 768 Å². The van der Waals surface area contributed by atoms with E-state index in [4.69, 9.17) is 80.5 Å². The van der Waals surface area contributed by atoms with Crippen molar-refractivity contribution in [3.8, 4) is 0 Å². The molecule has 50 nitrogen and oxygen atoms in total. The van der Waals surface area contributed by atoms with E-state index < -0.39 is 358 Å². The molecule has 0 unspecified atom stereocenters. The highest BCUT2D eigenvalue weighted by atomic mass is 16.8. The van der Waals surface area contributed by atoms with E-state index in [0.717, 1.165) is 34.6 Å². The van der Waals surface area contributed by atoms with Crippen LogP contribution in [0.15, 0.2) is 0 Å². The largest absolute Gasteiger partial charge is 0.394 e. The third-order valence-electron chi connectivity index (χ3n) is 20.7. The van der Waals surface area contributed by atoms with Crippen molar-refractivity contribution in [1.82, 2.24) is 26.6 Å². The molecule has 0 aromatic rings. The molecular weight excluding hydrogens is 1560 g/mol. The van der Waals surface area contributed by atoms with Gasteiger partial charge in [-0.25, -0.2) is 0 Å². The molecule has 5 amide bonds. The first-order valence-electron chi connectivity index (χ1n) is 36.5. The normalized spacial score (nSPS) is 48.2. The van der Waals surface area contributed by atoms with Gasteiger partial charge in [0.15, 0.2) is 56.6 Å². The van der Waals surface area contributed by atoms with Gasteiger partial charge in [0.2, 0.25) is 29.5 Å². The number of hydrogen-bond donors (Lipinski definition) is 28. The smallest absolute Gasteiger partial charge is 0.217 e. The van der Waals surface area contributed by atoms with E-state index in [-0.39, 0.29) is 0 Å². The van der Waals surface area contributed by atoms with Gasteiger partial charge in [-0.15, -0.1) is 0 Å². The second kappa shape index (κ2) is 40.9. The van der Waals surface area contributed by atoms with Gasteiger partial charge >= 0.3 is 0 Å². The number of aliphatic hydroxyl groups is 23. The summed E-state index contributed by atoms with van der Waals surface area (Å²) in [6, 6.07) is -8.94. The number of rotatable bonds is 29. The molecule has 0 aliphatic carbocycles. The van der Waals surface area contributed by atoms with Crippen LogP contribution < -0.4 is 26.6 Å². The van der Waals surface area contributed by atoms with Crippen LogP contribution in [0.25, 0.3) is 0 Å². The van der Waals surface area contributed by atoms with Crippen LogP contribution in [0.4, 0.5) is 0 Å². The fourth-order valence-corrected chi connectivity index (χ4v) is 14.6. The van der Waals surface area contributed by atoms with Crippen LogP contribution in [0.1, 0.15) is 41.5 Å². The summed E-state index contributed by atoms with van der Waals surface area (Å²) < 4.78 is 101. The number of carbonyl (C=O) groups is 5. The Morgan fingerprint density at radius 3 is 1.00 bits per heavy atom. The highest BCUT2D eigenvalue weighted by Crippen LogP contribution is 2.40. The first-order valence-corrected chi connectivity index (χ1v) is 36.5. The van der Waals surface area contributed by atoms with Gasteiger partial charge in [0.25, 0.3) is 0 Å². The summed E-state index contributed by atoms with van der Waals surface area (Å²) in [7, 11) is 0. The summed E-state index contributed by atoms with van der Waals surface area (Å²) >= 11 is 0. The van der Waals surface area contributed by atoms with Crippen molar-refractivity contribution < 1.29 is 222 Å². The molecule has 0 aromatic heterocycles. The van der Waals surface area contributed by atoms with Crippen molar-refractivity contribution in [2.75, 3.05) is 52.9 Å². The second-order valence-corrected chi connectivity index (χ2v) is 29.0. The van der Waals surface area contributed by atoms with E-state index in [2.05, 4.69) is 26.6 Å². The van der Waals surface area contributed by atoms with Gasteiger partial charge in [0.1, 0.15) is 213 Å². The Kier molecular flexibility index (Phi) is 33.6. The molecule has 658 valence electrons. The summed E-state index contributed by atoms with van der Waals surface area (Å²) in [5.41, 5.74) is 0. The lowest BCUT2D eigenvalue weighted by atomic mass is 9.93. The van der Waals surface area contributed by atoms with Crippen LogP contribution in [0.5, 0.6) is 0 Å². The van der Waals surface area contributed by atoms with Crippen molar-refractivity contribution in [1.29, 1.82) is 0 Å². The first-order chi connectivity index (χ1) is 53.8. The number of hydrogen-bond acceptors (Lipinski definition) is 45. The molecule has 0 radical (unpaired) electrons. The maximum atomic E-state index is 13.2. The lowest BCUT2D eigenvalue weighted by Gasteiger charge is -2.51. The minimum absolute atomic E-state index is 0.763. The number of amides is 5. The van der Waals surface area contributed by atoms with Gasteiger partial charge < -0.3 is 225 Å². The lowest BCUT2D eigenvalue weighted by molar-refractivity contribution is -0.402. The highest BCUT2D eigenvalue weighted by Gasteiger charge is 2.61.